The van der Waals surface area contributed by atoms with E-state index >= 15 is 0 Å². The van der Waals surface area contributed by atoms with Crippen molar-refractivity contribution in [2.24, 2.45) is 0 Å². The monoisotopic (exact) mass is 389 g/mol. The van der Waals surface area contributed by atoms with Crippen molar-refractivity contribution >= 4 is 43.3 Å². The largest absolute Gasteiger partial charge is 0.477 e. The molecule has 1 nitrogen and oxygen atoms in total. The number of H-pyrrole nitrogens is 1. The quantitative estimate of drug-likeness (QED) is 0.450. The second kappa shape index (κ2) is 25.7. The number of aromatic nitrogens is 1. The van der Waals surface area contributed by atoms with Gasteiger partial charge in [0.25, 0.3) is 0 Å². The molecule has 1 aromatic heterocycles. The molecule has 0 fully saturated rings. The Hall–Kier alpha value is -0.249. The van der Waals surface area contributed by atoms with Crippen molar-refractivity contribution in [3.63, 3.8) is 0 Å². The first-order valence-corrected chi connectivity index (χ1v) is 7.71. The molecule has 0 unspecified atom stereocenters. The molecule has 1 aliphatic rings. The first-order chi connectivity index (χ1) is 7.97. The van der Waals surface area contributed by atoms with Gasteiger partial charge >= 0.3 is 26.8 Å². The summed E-state index contributed by atoms with van der Waals surface area (Å²) in [5, 5.41) is 1.22. The van der Waals surface area contributed by atoms with Crippen LogP contribution in [-0.2, 0) is 19.2 Å². The van der Waals surface area contributed by atoms with Crippen molar-refractivity contribution in [1.29, 1.82) is 0 Å². The van der Waals surface area contributed by atoms with E-state index in [4.69, 9.17) is 0 Å². The zero-order chi connectivity index (χ0) is 11.6. The van der Waals surface area contributed by atoms with Gasteiger partial charge in [-0.1, -0.05) is 12.1 Å². The first-order valence-electron chi connectivity index (χ1n) is 4.87. The third-order valence-electron chi connectivity index (χ3n) is 1.98. The van der Waals surface area contributed by atoms with E-state index in [1.807, 2.05) is 36.4 Å². The average Bonchev–Trinajstić information content (AvgIpc) is 3.06. The number of nitrogens with one attached hydrogen (secondary N) is 1. The molecule has 0 bridgehead atoms. The number of para-hydroxylation sites is 1. The van der Waals surface area contributed by atoms with Crippen LogP contribution in [0.1, 0.15) is 6.42 Å². The summed E-state index contributed by atoms with van der Waals surface area (Å²) >= 11 is 1.81. The van der Waals surface area contributed by atoms with Crippen molar-refractivity contribution in [3.8, 4) is 0 Å². The summed E-state index contributed by atoms with van der Waals surface area (Å²) in [6.45, 7) is 0. The maximum absolute atomic E-state index is 2.99. The van der Waals surface area contributed by atoms with Crippen molar-refractivity contribution in [3.05, 3.63) is 90.5 Å². The van der Waals surface area contributed by atoms with E-state index in [1.165, 1.54) is 5.39 Å². The number of benzene rings is 1. The number of rotatable bonds is 0. The minimum absolute atomic E-state index is 0. The van der Waals surface area contributed by atoms with Gasteiger partial charge in [0.15, 0.2) is 0 Å². The standard InChI is InChI=1S/C8H6N.C5H5.4CH3.2ClH.Si.Ti/c1-2-4-8-7(3-1)5-6-9-8;1-2-4-5-3-1;;;;;;;;/h1-5,9H;1-3H,4H2;4*1H3;2*1H;;/q6*-1;;;;. The van der Waals surface area contributed by atoms with E-state index in [0.29, 0.717) is 0 Å². The minimum atomic E-state index is 0. The molecule has 1 N–H and O–H groups in total. The van der Waals surface area contributed by atoms with Gasteiger partial charge in [-0.15, -0.1) is 55.1 Å². The summed E-state index contributed by atoms with van der Waals surface area (Å²) in [6, 6.07) is 10.1. The predicted octanol–water partition coefficient (Wildman–Crippen LogP) is 5.54. The fourth-order valence-electron chi connectivity index (χ4n) is 1.27. The van der Waals surface area contributed by atoms with Crippen LogP contribution in [0.3, 0.4) is 0 Å². The number of fused-ring (bicyclic) bond motifs is 1. The first kappa shape index (κ1) is 37.8. The Labute approximate surface area is 163 Å². The molecule has 0 saturated carbocycles. The van der Waals surface area contributed by atoms with Gasteiger partial charge in [0.1, 0.15) is 0 Å². The second-order valence-corrected chi connectivity index (χ2v) is 3.00. The van der Waals surface area contributed by atoms with Gasteiger partial charge in [0, 0.05) is 0 Å². The minimum Gasteiger partial charge on any atom is -0.477 e. The molecule has 2 radical (unpaired) electrons. The van der Waals surface area contributed by atoms with Crippen LogP contribution >= 0.6 is 24.8 Å². The van der Waals surface area contributed by atoms with Gasteiger partial charge in [0.05, 0.1) is 0 Å². The molecule has 2 aromatic rings. The summed E-state index contributed by atoms with van der Waals surface area (Å²) < 4.78 is 0. The van der Waals surface area contributed by atoms with E-state index < -0.39 is 0 Å². The summed E-state index contributed by atoms with van der Waals surface area (Å²) in [7, 11) is 2.97. The van der Waals surface area contributed by atoms with Gasteiger partial charge in [-0.2, -0.15) is 17.5 Å². The molecular weight excluding hydrogens is 365 g/mol. The zero-order valence-corrected chi connectivity index (χ0v) is 17.8. The molecule has 22 heavy (non-hydrogen) atoms. The van der Waals surface area contributed by atoms with Crippen LogP contribution in [0.2, 0.25) is 0 Å². The summed E-state index contributed by atoms with van der Waals surface area (Å²) in [4.78, 5) is 2.99. The Morgan fingerprint density at radius 2 is 1.59 bits per heavy atom. The van der Waals surface area contributed by atoms with Crippen LogP contribution in [0.25, 0.3) is 10.9 Å². The fourth-order valence-corrected chi connectivity index (χ4v) is 1.27. The van der Waals surface area contributed by atoms with Gasteiger partial charge in [0.2, 0.25) is 0 Å². The molecule has 1 heterocycles. The molecule has 5 heteroatoms. The van der Waals surface area contributed by atoms with E-state index in [9.17, 15) is 0 Å². The molecule has 0 aliphatic heterocycles. The summed E-state index contributed by atoms with van der Waals surface area (Å²) in [5.41, 5.74) is 1.15. The van der Waals surface area contributed by atoms with Crippen LogP contribution in [-0.4, -0.2) is 12.6 Å². The Kier molecular flexibility index (Phi) is 44.1. The molecule has 1 aliphatic carbocycles. The van der Waals surface area contributed by atoms with Gasteiger partial charge < -0.3 is 34.7 Å². The average molecular weight is 390 g/mol. The maximum Gasteiger partial charge on any atom is -0.0745 e. The molecule has 126 valence electrons. The van der Waals surface area contributed by atoms with Crippen LogP contribution in [0, 0.1) is 42.0 Å². The van der Waals surface area contributed by atoms with Crippen molar-refractivity contribution in [2.75, 3.05) is 0 Å². The van der Waals surface area contributed by atoms with Crippen LogP contribution < -0.4 is 0 Å². The summed E-state index contributed by atoms with van der Waals surface area (Å²) in [5.74, 6) is 0. The van der Waals surface area contributed by atoms with Crippen molar-refractivity contribution in [1.82, 2.24) is 4.98 Å². The molecule has 0 spiro atoms. The SMILES string of the molecule is Cl.Cl.[C-]1=CC=CC1.[CH3-].[CH3-].[CH3-].[CH3-].[Si]=[Ti].[c-]1cc2ccccc2[nH]1. The second-order valence-electron chi connectivity index (χ2n) is 3.00. The molecule has 1 aromatic carbocycles. The molecule has 0 atom stereocenters. The molecular formula is C17H25Cl2NSiTi-6. The van der Waals surface area contributed by atoms with Gasteiger partial charge in [-0.3, -0.25) is 6.08 Å². The van der Waals surface area contributed by atoms with Crippen molar-refractivity contribution < 1.29 is 19.2 Å². The van der Waals surface area contributed by atoms with Crippen LogP contribution in [0.15, 0.2) is 48.6 Å². The Morgan fingerprint density at radius 1 is 1.00 bits per heavy atom. The topological polar surface area (TPSA) is 15.8 Å². The van der Waals surface area contributed by atoms with Crippen molar-refractivity contribution in [2.45, 2.75) is 6.42 Å². The Balaban J connectivity index is -0.0000000445. The zero-order valence-electron chi connectivity index (χ0n) is 13.6. The third-order valence-corrected chi connectivity index (χ3v) is 1.98. The third kappa shape index (κ3) is 14.7. The fraction of sp³-hybridized carbons (Fsp3) is 0.0588. The number of hydrogen-bond donors (Lipinski definition) is 1. The van der Waals surface area contributed by atoms with E-state index in [0.717, 1.165) is 11.9 Å². The van der Waals surface area contributed by atoms with E-state index in [2.05, 4.69) is 37.0 Å². The van der Waals surface area contributed by atoms with Crippen LogP contribution in [0.4, 0.5) is 0 Å². The predicted molar refractivity (Wildman–Crippen MR) is 105 cm³/mol. The smallest absolute Gasteiger partial charge is 0.0745 e. The normalized spacial score (nSPS) is 8.32. The molecule has 3 rings (SSSR count). The Bertz CT molecular complexity index is 444. The van der Waals surface area contributed by atoms with E-state index in [1.54, 1.807) is 19.2 Å². The van der Waals surface area contributed by atoms with Crippen LogP contribution in [0.5, 0.6) is 0 Å². The number of hydrogen-bond acceptors (Lipinski definition) is 0. The van der Waals surface area contributed by atoms with E-state index in [-0.39, 0.29) is 54.5 Å². The summed E-state index contributed by atoms with van der Waals surface area (Å²) in [6.07, 6.45) is 12.9. The number of halogens is 2. The molecule has 0 saturated heterocycles. The molecule has 0 amide bonds. The number of allylic oxidation sites excluding steroid dienone is 4. The number of aromatic amines is 1. The Morgan fingerprint density at radius 3 is 2.00 bits per heavy atom. The maximum atomic E-state index is 2.99. The van der Waals surface area contributed by atoms with Gasteiger partial charge in [-0.25, -0.2) is 12.2 Å². The van der Waals surface area contributed by atoms with Gasteiger partial charge in [-0.05, 0) is 0 Å².